The molecule has 1 saturated carbocycles. The first-order valence-electron chi connectivity index (χ1n) is 11.1. The predicted molar refractivity (Wildman–Crippen MR) is 114 cm³/mol. The number of benzene rings is 1. The lowest BCUT2D eigenvalue weighted by Crippen LogP contribution is -2.52. The van der Waals surface area contributed by atoms with Crippen LogP contribution in [0.4, 0.5) is 0 Å². The van der Waals surface area contributed by atoms with Crippen LogP contribution >= 0.6 is 0 Å². The van der Waals surface area contributed by atoms with Gasteiger partial charge in [-0.1, -0.05) is 18.2 Å². The first-order valence-corrected chi connectivity index (χ1v) is 11.1. The molecule has 1 saturated heterocycles. The van der Waals surface area contributed by atoms with Crippen LogP contribution in [-0.2, 0) is 19.1 Å². The molecule has 4 aliphatic rings. The summed E-state index contributed by atoms with van der Waals surface area (Å²) in [7, 11) is 3.08. The molecule has 1 aliphatic carbocycles. The van der Waals surface area contributed by atoms with E-state index < -0.39 is 11.8 Å². The van der Waals surface area contributed by atoms with Gasteiger partial charge < -0.3 is 24.6 Å². The van der Waals surface area contributed by atoms with Gasteiger partial charge in [0.15, 0.2) is 6.61 Å². The minimum Gasteiger partial charge on any atom is -0.483 e. The molecule has 0 spiro atoms. The van der Waals surface area contributed by atoms with Crippen molar-refractivity contribution in [1.82, 2.24) is 15.1 Å². The monoisotopic (exact) mass is 429 g/mol. The molecule has 3 amide bonds. The Kier molecular flexibility index (Phi) is 6.46. The standard InChI is InChI=1S/C23H31N3O5/c1-25(2)23(29)22(28)24-18-11-12-26-19(18)13-30-16-9-7-15(8-10-16)17-5-3-4-6-20(17)31-14-21(26)27/h3-6,15-16,18-19H,7-14H2,1-2H3,(H,24,28)/t15?,16?,18-,19?/m0/s1. The molecule has 0 aromatic heterocycles. The molecule has 2 bridgehead atoms. The first-order chi connectivity index (χ1) is 14.9. The van der Waals surface area contributed by atoms with Gasteiger partial charge in [-0.25, -0.2) is 0 Å². The number of likely N-dealkylation sites (N-methyl/N-ethyl adjacent to an activating group) is 1. The van der Waals surface area contributed by atoms with E-state index in [0.717, 1.165) is 31.4 Å². The van der Waals surface area contributed by atoms with Crippen molar-refractivity contribution in [3.8, 4) is 5.75 Å². The largest absolute Gasteiger partial charge is 0.483 e. The van der Waals surface area contributed by atoms with Crippen molar-refractivity contribution in [2.45, 2.75) is 56.2 Å². The van der Waals surface area contributed by atoms with Crippen LogP contribution < -0.4 is 10.1 Å². The molecule has 31 heavy (non-hydrogen) atoms. The maximum Gasteiger partial charge on any atom is 0.311 e. The van der Waals surface area contributed by atoms with Gasteiger partial charge in [0.2, 0.25) is 0 Å². The van der Waals surface area contributed by atoms with Crippen molar-refractivity contribution < 1.29 is 23.9 Å². The van der Waals surface area contributed by atoms with E-state index in [2.05, 4.69) is 11.4 Å². The Labute approximate surface area is 182 Å². The van der Waals surface area contributed by atoms with E-state index in [1.807, 2.05) is 18.2 Å². The minimum atomic E-state index is -0.655. The van der Waals surface area contributed by atoms with E-state index in [-0.39, 0.29) is 30.7 Å². The molecule has 1 unspecified atom stereocenters. The van der Waals surface area contributed by atoms with E-state index in [1.54, 1.807) is 19.0 Å². The molecular weight excluding hydrogens is 398 g/mol. The number of fused-ring (bicyclic) bond motifs is 5. The molecule has 0 radical (unpaired) electrons. The lowest BCUT2D eigenvalue weighted by Gasteiger charge is -2.32. The molecule has 8 heteroatoms. The highest BCUT2D eigenvalue weighted by Crippen LogP contribution is 2.38. The lowest BCUT2D eigenvalue weighted by atomic mass is 9.82. The number of carbonyl (C=O) groups is 3. The zero-order chi connectivity index (χ0) is 22.0. The number of hydrogen-bond donors (Lipinski definition) is 1. The summed E-state index contributed by atoms with van der Waals surface area (Å²) in [6.07, 6.45) is 4.67. The molecule has 1 N–H and O–H groups in total. The first kappa shape index (κ1) is 21.6. The molecular formula is C23H31N3O5. The fraction of sp³-hybridized carbons (Fsp3) is 0.609. The molecule has 3 heterocycles. The Morgan fingerprint density at radius 3 is 2.58 bits per heavy atom. The van der Waals surface area contributed by atoms with Gasteiger partial charge in [0.05, 0.1) is 24.8 Å². The fourth-order valence-corrected chi connectivity index (χ4v) is 4.92. The summed E-state index contributed by atoms with van der Waals surface area (Å²) in [4.78, 5) is 40.3. The normalized spacial score (nSPS) is 28.3. The smallest absolute Gasteiger partial charge is 0.311 e. The van der Waals surface area contributed by atoms with Crippen molar-refractivity contribution in [1.29, 1.82) is 0 Å². The summed E-state index contributed by atoms with van der Waals surface area (Å²) in [5.41, 5.74) is 1.17. The average molecular weight is 430 g/mol. The molecule has 1 aromatic carbocycles. The zero-order valence-electron chi connectivity index (χ0n) is 18.2. The molecule has 8 nitrogen and oxygen atoms in total. The van der Waals surface area contributed by atoms with Gasteiger partial charge in [-0.2, -0.15) is 0 Å². The van der Waals surface area contributed by atoms with Crippen LogP contribution in [0.3, 0.4) is 0 Å². The third-order valence-corrected chi connectivity index (χ3v) is 6.67. The van der Waals surface area contributed by atoms with Gasteiger partial charge in [0.25, 0.3) is 5.91 Å². The zero-order valence-corrected chi connectivity index (χ0v) is 18.2. The Morgan fingerprint density at radius 2 is 1.84 bits per heavy atom. The highest BCUT2D eigenvalue weighted by atomic mass is 16.5. The second kappa shape index (κ2) is 9.26. The quantitative estimate of drug-likeness (QED) is 0.680. The maximum atomic E-state index is 13.0. The molecule has 1 aromatic rings. The van der Waals surface area contributed by atoms with E-state index >= 15 is 0 Å². The van der Waals surface area contributed by atoms with Crippen molar-refractivity contribution in [3.63, 3.8) is 0 Å². The molecule has 2 atom stereocenters. The van der Waals surface area contributed by atoms with Crippen molar-refractivity contribution in [2.75, 3.05) is 33.9 Å². The fourth-order valence-electron chi connectivity index (χ4n) is 4.92. The molecule has 168 valence electrons. The number of nitrogens with one attached hydrogen (secondary N) is 1. The van der Waals surface area contributed by atoms with Gasteiger partial charge in [-0.3, -0.25) is 14.4 Å². The van der Waals surface area contributed by atoms with Crippen molar-refractivity contribution >= 4 is 17.7 Å². The van der Waals surface area contributed by atoms with E-state index in [1.165, 1.54) is 10.5 Å². The summed E-state index contributed by atoms with van der Waals surface area (Å²) in [5.74, 6) is -0.204. The Balaban J connectivity index is 1.53. The maximum absolute atomic E-state index is 13.0. The average Bonchev–Trinajstić information content (AvgIpc) is 3.18. The SMILES string of the molecule is CN(C)C(=O)C(=O)N[C@H]1CCN2C(=O)COc3ccccc3C3CCC(CC3)OCC12. The molecule has 5 rings (SSSR count). The Morgan fingerprint density at radius 1 is 1.10 bits per heavy atom. The summed E-state index contributed by atoms with van der Waals surface area (Å²) in [6.45, 7) is 0.780. The Hall–Kier alpha value is -2.61. The van der Waals surface area contributed by atoms with Gasteiger partial charge in [0.1, 0.15) is 5.75 Å². The van der Waals surface area contributed by atoms with Crippen LogP contribution in [0.1, 0.15) is 43.6 Å². The number of amides is 3. The number of hydrogen-bond acceptors (Lipinski definition) is 5. The predicted octanol–water partition coefficient (Wildman–Crippen LogP) is 1.30. The molecule has 3 aliphatic heterocycles. The van der Waals surface area contributed by atoms with Gasteiger partial charge in [0, 0.05) is 20.6 Å². The third kappa shape index (κ3) is 4.69. The number of rotatable bonds is 1. The topological polar surface area (TPSA) is 88.2 Å². The summed E-state index contributed by atoms with van der Waals surface area (Å²) in [6, 6.07) is 7.34. The van der Waals surface area contributed by atoms with E-state index in [9.17, 15) is 14.4 Å². The van der Waals surface area contributed by atoms with Gasteiger partial charge in [-0.15, -0.1) is 0 Å². The van der Waals surface area contributed by atoms with Crippen LogP contribution in [0.25, 0.3) is 0 Å². The summed E-state index contributed by atoms with van der Waals surface area (Å²) < 4.78 is 12.2. The van der Waals surface area contributed by atoms with Crippen LogP contribution in [-0.4, -0.2) is 79.6 Å². The summed E-state index contributed by atoms with van der Waals surface area (Å²) in [5, 5.41) is 2.82. The van der Waals surface area contributed by atoms with Crippen molar-refractivity contribution in [2.24, 2.45) is 0 Å². The number of ether oxygens (including phenoxy) is 2. The summed E-state index contributed by atoms with van der Waals surface area (Å²) >= 11 is 0. The van der Waals surface area contributed by atoms with E-state index in [0.29, 0.717) is 25.5 Å². The second-order valence-electron chi connectivity index (χ2n) is 8.86. The molecule has 2 fully saturated rings. The minimum absolute atomic E-state index is 0.0546. The van der Waals surface area contributed by atoms with Crippen molar-refractivity contribution in [3.05, 3.63) is 29.8 Å². The highest BCUT2D eigenvalue weighted by molar-refractivity contribution is 6.34. The lowest BCUT2D eigenvalue weighted by molar-refractivity contribution is -0.145. The number of nitrogens with zero attached hydrogens (tertiary/aromatic N) is 2. The van der Waals surface area contributed by atoms with Crippen LogP contribution in [0.5, 0.6) is 5.75 Å². The highest BCUT2D eigenvalue weighted by Gasteiger charge is 2.40. The Bertz CT molecular complexity index is 834. The third-order valence-electron chi connectivity index (χ3n) is 6.67. The van der Waals surface area contributed by atoms with Crippen LogP contribution in [0.2, 0.25) is 0 Å². The second-order valence-corrected chi connectivity index (χ2v) is 8.86. The van der Waals surface area contributed by atoms with Gasteiger partial charge in [-0.05, 0) is 49.7 Å². The van der Waals surface area contributed by atoms with E-state index in [4.69, 9.17) is 9.47 Å². The van der Waals surface area contributed by atoms with Crippen LogP contribution in [0, 0.1) is 0 Å². The van der Waals surface area contributed by atoms with Gasteiger partial charge >= 0.3 is 11.8 Å². The van der Waals surface area contributed by atoms with Crippen LogP contribution in [0.15, 0.2) is 24.3 Å². The number of carbonyl (C=O) groups excluding carboxylic acids is 3. The number of para-hydroxylation sites is 1.